The van der Waals surface area contributed by atoms with Crippen molar-refractivity contribution in [2.75, 3.05) is 13.7 Å². The van der Waals surface area contributed by atoms with Crippen LogP contribution in [0.5, 0.6) is 0 Å². The lowest BCUT2D eigenvalue weighted by molar-refractivity contribution is -0.197. The Morgan fingerprint density at radius 3 is 2.71 bits per heavy atom. The van der Waals surface area contributed by atoms with Crippen molar-refractivity contribution >= 4 is 22.8 Å². The van der Waals surface area contributed by atoms with Gasteiger partial charge in [-0.3, -0.25) is 4.79 Å². The van der Waals surface area contributed by atoms with Crippen molar-refractivity contribution in [3.63, 3.8) is 0 Å². The number of aromatic nitrogens is 1. The SMILES string of the molecule is CCO[C@@H]1C[C@](NC(=O)CCc2c[nH]c3c(C)cccc23)(C(=O)OC)C1(C)C. The largest absolute Gasteiger partial charge is 0.467 e. The molecule has 2 N–H and O–H groups in total. The van der Waals surface area contributed by atoms with Gasteiger partial charge in [-0.1, -0.05) is 32.0 Å². The number of methoxy groups -OCH3 is 1. The number of ether oxygens (including phenoxy) is 2. The van der Waals surface area contributed by atoms with Gasteiger partial charge in [-0.15, -0.1) is 0 Å². The van der Waals surface area contributed by atoms with E-state index in [4.69, 9.17) is 9.47 Å². The van der Waals surface area contributed by atoms with Crippen LogP contribution in [0.15, 0.2) is 24.4 Å². The smallest absolute Gasteiger partial charge is 0.332 e. The van der Waals surface area contributed by atoms with E-state index < -0.39 is 16.9 Å². The van der Waals surface area contributed by atoms with Crippen LogP contribution in [-0.2, 0) is 25.5 Å². The number of fused-ring (bicyclic) bond motifs is 1. The van der Waals surface area contributed by atoms with Gasteiger partial charge in [0, 0.05) is 42.0 Å². The molecule has 3 rings (SSSR count). The molecule has 1 aliphatic rings. The second-order valence-corrected chi connectivity index (χ2v) is 8.13. The normalized spacial score (nSPS) is 23.2. The molecule has 1 fully saturated rings. The molecular formula is C22H30N2O4. The minimum Gasteiger partial charge on any atom is -0.467 e. The summed E-state index contributed by atoms with van der Waals surface area (Å²) in [6.07, 6.45) is 3.20. The quantitative estimate of drug-likeness (QED) is 0.716. The third-order valence-corrected chi connectivity index (χ3v) is 6.28. The summed E-state index contributed by atoms with van der Waals surface area (Å²) in [6.45, 7) is 8.44. The first kappa shape index (κ1) is 20.4. The van der Waals surface area contributed by atoms with Crippen LogP contribution in [0.3, 0.4) is 0 Å². The van der Waals surface area contributed by atoms with Gasteiger partial charge in [-0.05, 0) is 31.4 Å². The van der Waals surface area contributed by atoms with Crippen molar-refractivity contribution in [3.8, 4) is 0 Å². The number of para-hydroxylation sites is 1. The zero-order valence-electron chi connectivity index (χ0n) is 17.3. The van der Waals surface area contributed by atoms with E-state index in [2.05, 4.69) is 29.4 Å². The fraction of sp³-hybridized carbons (Fsp3) is 0.545. The number of hydrogen-bond acceptors (Lipinski definition) is 4. The average Bonchev–Trinajstić information content (AvgIpc) is 3.09. The lowest BCUT2D eigenvalue weighted by Gasteiger charge is -2.58. The number of H-pyrrole nitrogens is 1. The van der Waals surface area contributed by atoms with E-state index in [1.807, 2.05) is 33.0 Å². The second-order valence-electron chi connectivity index (χ2n) is 8.13. The van der Waals surface area contributed by atoms with Gasteiger partial charge in [-0.2, -0.15) is 0 Å². The van der Waals surface area contributed by atoms with Gasteiger partial charge in [-0.25, -0.2) is 4.79 Å². The molecule has 152 valence electrons. The maximum atomic E-state index is 12.8. The first-order chi connectivity index (χ1) is 13.3. The lowest BCUT2D eigenvalue weighted by atomic mass is 9.54. The van der Waals surface area contributed by atoms with Crippen LogP contribution in [0.4, 0.5) is 0 Å². The Morgan fingerprint density at radius 2 is 2.07 bits per heavy atom. The Kier molecular flexibility index (Phi) is 5.53. The molecule has 6 nitrogen and oxygen atoms in total. The van der Waals surface area contributed by atoms with Crippen LogP contribution in [-0.4, -0.2) is 42.2 Å². The Morgan fingerprint density at radius 1 is 1.32 bits per heavy atom. The summed E-state index contributed by atoms with van der Waals surface area (Å²) in [5.41, 5.74) is 1.79. The van der Waals surface area contributed by atoms with Gasteiger partial charge >= 0.3 is 5.97 Å². The number of esters is 1. The minimum absolute atomic E-state index is 0.0894. The van der Waals surface area contributed by atoms with E-state index in [1.54, 1.807) is 0 Å². The summed E-state index contributed by atoms with van der Waals surface area (Å²) >= 11 is 0. The number of carbonyl (C=O) groups is 2. The zero-order valence-corrected chi connectivity index (χ0v) is 17.3. The molecule has 1 amide bonds. The summed E-state index contributed by atoms with van der Waals surface area (Å²) in [5.74, 6) is -0.569. The number of aryl methyl sites for hydroxylation is 2. The Balaban J connectivity index is 1.71. The molecule has 0 aliphatic heterocycles. The van der Waals surface area contributed by atoms with Crippen LogP contribution < -0.4 is 5.32 Å². The summed E-state index contributed by atoms with van der Waals surface area (Å²) < 4.78 is 10.8. The molecule has 1 saturated carbocycles. The van der Waals surface area contributed by atoms with Crippen molar-refractivity contribution in [3.05, 3.63) is 35.5 Å². The van der Waals surface area contributed by atoms with E-state index in [1.165, 1.54) is 12.7 Å². The zero-order chi connectivity index (χ0) is 20.5. The molecule has 2 aromatic rings. The molecule has 1 aromatic heterocycles. The molecule has 6 heteroatoms. The number of carbonyl (C=O) groups excluding carboxylic acids is 2. The summed E-state index contributed by atoms with van der Waals surface area (Å²) in [7, 11) is 1.36. The summed E-state index contributed by atoms with van der Waals surface area (Å²) in [4.78, 5) is 28.6. The number of benzene rings is 1. The van der Waals surface area contributed by atoms with Crippen molar-refractivity contribution < 1.29 is 19.1 Å². The van der Waals surface area contributed by atoms with E-state index in [0.29, 0.717) is 25.9 Å². The molecular weight excluding hydrogens is 356 g/mol. The van der Waals surface area contributed by atoms with Crippen molar-refractivity contribution in [2.24, 2.45) is 5.41 Å². The van der Waals surface area contributed by atoms with Gasteiger partial charge < -0.3 is 19.8 Å². The van der Waals surface area contributed by atoms with Crippen LogP contribution in [0, 0.1) is 12.3 Å². The number of amides is 1. The molecule has 0 saturated heterocycles. The van der Waals surface area contributed by atoms with Gasteiger partial charge in [0.2, 0.25) is 5.91 Å². The molecule has 0 bridgehead atoms. The highest BCUT2D eigenvalue weighted by Gasteiger charge is 2.66. The van der Waals surface area contributed by atoms with Crippen LogP contribution in [0.2, 0.25) is 0 Å². The standard InChI is InChI=1S/C22H30N2O4/c1-6-28-17-12-22(20(26)27-5,21(17,3)4)24-18(25)11-10-15-13-23-19-14(2)8-7-9-16(15)19/h7-9,13,17,23H,6,10-12H2,1-5H3,(H,24,25)/t17-,22+/m1/s1. The Labute approximate surface area is 166 Å². The highest BCUT2D eigenvalue weighted by molar-refractivity contribution is 5.91. The number of aromatic amines is 1. The Hall–Kier alpha value is -2.34. The highest BCUT2D eigenvalue weighted by Crippen LogP contribution is 2.52. The van der Waals surface area contributed by atoms with Gasteiger partial charge in [0.05, 0.1) is 13.2 Å². The van der Waals surface area contributed by atoms with E-state index in [-0.39, 0.29) is 12.0 Å². The third kappa shape index (κ3) is 3.20. The van der Waals surface area contributed by atoms with E-state index in [9.17, 15) is 9.59 Å². The summed E-state index contributed by atoms with van der Waals surface area (Å²) in [6, 6.07) is 6.14. The van der Waals surface area contributed by atoms with E-state index >= 15 is 0 Å². The molecule has 1 aromatic carbocycles. The minimum atomic E-state index is -1.05. The van der Waals surface area contributed by atoms with Crippen LogP contribution >= 0.6 is 0 Å². The predicted octanol–water partition coefficient (Wildman–Crippen LogP) is 3.27. The monoisotopic (exact) mass is 386 g/mol. The number of nitrogens with one attached hydrogen (secondary N) is 2. The highest BCUT2D eigenvalue weighted by atomic mass is 16.5. The van der Waals surface area contributed by atoms with Crippen molar-refractivity contribution in [2.45, 2.75) is 58.6 Å². The average molecular weight is 386 g/mol. The van der Waals surface area contributed by atoms with Gasteiger partial charge in [0.15, 0.2) is 0 Å². The second kappa shape index (κ2) is 7.59. The maximum Gasteiger partial charge on any atom is 0.332 e. The molecule has 2 atom stereocenters. The topological polar surface area (TPSA) is 80.4 Å². The van der Waals surface area contributed by atoms with Gasteiger partial charge in [0.25, 0.3) is 0 Å². The molecule has 1 heterocycles. The molecule has 0 spiro atoms. The number of rotatable bonds is 7. The van der Waals surface area contributed by atoms with Gasteiger partial charge in [0.1, 0.15) is 5.54 Å². The van der Waals surface area contributed by atoms with E-state index in [0.717, 1.165) is 16.5 Å². The predicted molar refractivity (Wildman–Crippen MR) is 108 cm³/mol. The van der Waals surface area contributed by atoms with Crippen LogP contribution in [0.25, 0.3) is 10.9 Å². The number of hydrogen-bond donors (Lipinski definition) is 2. The molecule has 0 unspecified atom stereocenters. The van der Waals surface area contributed by atoms with Crippen LogP contribution in [0.1, 0.15) is 44.7 Å². The summed E-state index contributed by atoms with van der Waals surface area (Å²) in [5, 5.41) is 4.11. The lowest BCUT2D eigenvalue weighted by Crippen LogP contribution is -2.76. The maximum absolute atomic E-state index is 12.8. The molecule has 1 aliphatic carbocycles. The Bertz CT molecular complexity index is 886. The fourth-order valence-electron chi connectivity index (χ4n) is 4.31. The third-order valence-electron chi connectivity index (χ3n) is 6.28. The first-order valence-corrected chi connectivity index (χ1v) is 9.83. The van der Waals surface area contributed by atoms with Crippen molar-refractivity contribution in [1.82, 2.24) is 10.3 Å². The molecule has 0 radical (unpaired) electrons. The first-order valence-electron chi connectivity index (χ1n) is 9.83. The fourth-order valence-corrected chi connectivity index (χ4v) is 4.31. The van der Waals surface area contributed by atoms with Crippen molar-refractivity contribution in [1.29, 1.82) is 0 Å². The molecule has 28 heavy (non-hydrogen) atoms.